The highest BCUT2D eigenvalue weighted by Crippen LogP contribution is 2.30. The highest BCUT2D eigenvalue weighted by molar-refractivity contribution is 5.83. The van der Waals surface area contributed by atoms with Gasteiger partial charge in [-0.2, -0.15) is 5.10 Å². The number of nitrogens with zero attached hydrogens (tertiary/aromatic N) is 6. The van der Waals surface area contributed by atoms with Gasteiger partial charge < -0.3 is 9.47 Å². The van der Waals surface area contributed by atoms with Gasteiger partial charge in [-0.1, -0.05) is 30.3 Å². The second kappa shape index (κ2) is 6.98. The third-order valence-electron chi connectivity index (χ3n) is 5.39. The van der Waals surface area contributed by atoms with Gasteiger partial charge in [-0.3, -0.25) is 9.48 Å². The molecule has 140 valence electrons. The zero-order valence-electron chi connectivity index (χ0n) is 16.0. The van der Waals surface area contributed by atoms with Crippen LogP contribution in [0.4, 0.5) is 0 Å². The van der Waals surface area contributed by atoms with E-state index in [1.807, 2.05) is 58.5 Å². The van der Waals surface area contributed by atoms with E-state index in [0.717, 1.165) is 35.6 Å². The molecular weight excluding hydrogens is 340 g/mol. The topological polar surface area (TPSA) is 68.8 Å². The average molecular weight is 364 g/mol. The quantitative estimate of drug-likeness (QED) is 0.713. The number of carbonyl (C=O) groups is 1. The van der Waals surface area contributed by atoms with Gasteiger partial charge in [0.25, 0.3) is 0 Å². The van der Waals surface area contributed by atoms with Crippen molar-refractivity contribution >= 4 is 5.91 Å². The smallest absolute Gasteiger partial charge is 0.230 e. The summed E-state index contributed by atoms with van der Waals surface area (Å²) in [6, 6.07) is 9.95. The van der Waals surface area contributed by atoms with Crippen molar-refractivity contribution < 1.29 is 4.79 Å². The predicted molar refractivity (Wildman–Crippen MR) is 102 cm³/mol. The zero-order chi connectivity index (χ0) is 19.0. The van der Waals surface area contributed by atoms with Crippen LogP contribution in [0.25, 0.3) is 11.5 Å². The van der Waals surface area contributed by atoms with E-state index in [0.29, 0.717) is 13.1 Å². The molecule has 0 N–H and O–H groups in total. The van der Waals surface area contributed by atoms with E-state index in [4.69, 9.17) is 5.10 Å². The van der Waals surface area contributed by atoms with E-state index in [1.165, 1.54) is 5.69 Å². The third kappa shape index (κ3) is 3.03. The molecule has 3 aromatic rings. The number of aromatic nitrogens is 5. The second-order valence-corrected chi connectivity index (χ2v) is 6.98. The summed E-state index contributed by atoms with van der Waals surface area (Å²) in [4.78, 5) is 15.0. The van der Waals surface area contributed by atoms with Crippen LogP contribution < -0.4 is 0 Å². The van der Waals surface area contributed by atoms with Crippen LogP contribution in [0.3, 0.4) is 0 Å². The molecule has 1 amide bonds. The van der Waals surface area contributed by atoms with Crippen molar-refractivity contribution in [2.75, 3.05) is 6.54 Å². The monoisotopic (exact) mass is 364 g/mol. The molecule has 1 aliphatic rings. The molecule has 3 heterocycles. The van der Waals surface area contributed by atoms with Crippen molar-refractivity contribution in [3.63, 3.8) is 0 Å². The summed E-state index contributed by atoms with van der Waals surface area (Å²) in [5.74, 6) is 0.755. The van der Waals surface area contributed by atoms with Crippen LogP contribution in [0.15, 0.2) is 36.7 Å². The lowest BCUT2D eigenvalue weighted by molar-refractivity contribution is -0.133. The van der Waals surface area contributed by atoms with Gasteiger partial charge in [0.1, 0.15) is 12.0 Å². The second-order valence-electron chi connectivity index (χ2n) is 6.98. The first-order chi connectivity index (χ1) is 13.1. The Morgan fingerprint density at radius 3 is 2.78 bits per heavy atom. The number of amides is 1. The summed E-state index contributed by atoms with van der Waals surface area (Å²) in [5.41, 5.74) is 4.13. The zero-order valence-corrected chi connectivity index (χ0v) is 16.0. The van der Waals surface area contributed by atoms with Crippen LogP contribution in [0, 0.1) is 0 Å². The first kappa shape index (κ1) is 17.5. The highest BCUT2D eigenvalue weighted by atomic mass is 16.2. The van der Waals surface area contributed by atoms with E-state index in [9.17, 15) is 4.79 Å². The van der Waals surface area contributed by atoms with Gasteiger partial charge in [0.15, 0.2) is 5.82 Å². The Balaban J connectivity index is 1.64. The largest absolute Gasteiger partial charge is 0.337 e. The Bertz CT molecular complexity index is 958. The Morgan fingerprint density at radius 1 is 1.26 bits per heavy atom. The minimum absolute atomic E-state index is 0.151. The summed E-state index contributed by atoms with van der Waals surface area (Å²) < 4.78 is 3.90. The fourth-order valence-corrected chi connectivity index (χ4v) is 3.79. The third-order valence-corrected chi connectivity index (χ3v) is 5.39. The van der Waals surface area contributed by atoms with Crippen LogP contribution >= 0.6 is 0 Å². The average Bonchev–Trinajstić information content (AvgIpc) is 3.31. The fraction of sp³-hybridized carbons (Fsp3) is 0.400. The molecule has 7 nitrogen and oxygen atoms in total. The maximum atomic E-state index is 13.1. The van der Waals surface area contributed by atoms with Gasteiger partial charge in [-0.05, 0) is 19.4 Å². The number of fused-ring (bicyclic) bond motifs is 1. The number of carbonyl (C=O) groups excluding carboxylic acids is 1. The van der Waals surface area contributed by atoms with Crippen LogP contribution in [0.5, 0.6) is 0 Å². The van der Waals surface area contributed by atoms with E-state index in [-0.39, 0.29) is 11.8 Å². The first-order valence-corrected chi connectivity index (χ1v) is 9.36. The Morgan fingerprint density at radius 2 is 2.04 bits per heavy atom. The molecule has 0 aliphatic carbocycles. The number of hydrogen-bond donors (Lipinski definition) is 0. The van der Waals surface area contributed by atoms with Crippen LogP contribution in [-0.4, -0.2) is 41.9 Å². The Kier molecular flexibility index (Phi) is 4.51. The number of benzene rings is 1. The van der Waals surface area contributed by atoms with Gasteiger partial charge in [0, 0.05) is 44.4 Å². The van der Waals surface area contributed by atoms with Gasteiger partial charge >= 0.3 is 0 Å². The molecule has 1 atom stereocenters. The van der Waals surface area contributed by atoms with Crippen LogP contribution in [0.2, 0.25) is 0 Å². The van der Waals surface area contributed by atoms with Gasteiger partial charge in [0.2, 0.25) is 5.91 Å². The van der Waals surface area contributed by atoms with Crippen LogP contribution in [0.1, 0.15) is 36.6 Å². The number of rotatable bonds is 4. The summed E-state index contributed by atoms with van der Waals surface area (Å²) in [6.07, 6.45) is 2.52. The summed E-state index contributed by atoms with van der Waals surface area (Å²) in [5, 5.41) is 13.0. The molecule has 0 saturated carbocycles. The Labute approximate surface area is 158 Å². The lowest BCUT2D eigenvalue weighted by Gasteiger charge is -2.30. The molecule has 0 saturated heterocycles. The molecule has 2 aromatic heterocycles. The SMILES string of the molecule is CCn1cnnc1-c1nn(C)c2c1CN(C(=O)C(C)c1ccccc1)CC2. The van der Waals surface area contributed by atoms with E-state index < -0.39 is 0 Å². The molecule has 0 fully saturated rings. The van der Waals surface area contributed by atoms with E-state index in [1.54, 1.807) is 6.33 Å². The van der Waals surface area contributed by atoms with E-state index >= 15 is 0 Å². The lowest BCUT2D eigenvalue weighted by atomic mass is 9.97. The molecule has 1 unspecified atom stereocenters. The summed E-state index contributed by atoms with van der Waals surface area (Å²) in [7, 11) is 1.96. The van der Waals surface area contributed by atoms with Crippen molar-refractivity contribution in [2.24, 2.45) is 7.05 Å². The molecule has 1 aliphatic heterocycles. The van der Waals surface area contributed by atoms with Crippen molar-refractivity contribution in [1.82, 2.24) is 29.4 Å². The van der Waals surface area contributed by atoms with Crippen molar-refractivity contribution in [3.8, 4) is 11.5 Å². The molecule has 4 rings (SSSR count). The van der Waals surface area contributed by atoms with Crippen molar-refractivity contribution in [2.45, 2.75) is 39.3 Å². The maximum absolute atomic E-state index is 13.1. The normalized spacial score (nSPS) is 14.9. The fourth-order valence-electron chi connectivity index (χ4n) is 3.79. The molecule has 27 heavy (non-hydrogen) atoms. The number of aryl methyl sites for hydroxylation is 2. The van der Waals surface area contributed by atoms with Crippen molar-refractivity contribution in [3.05, 3.63) is 53.5 Å². The minimum atomic E-state index is -0.160. The molecule has 0 radical (unpaired) electrons. The standard InChI is InChI=1S/C20H24N6O/c1-4-25-13-21-22-19(25)18-16-12-26(11-10-17(16)24(3)23-18)20(27)14(2)15-8-6-5-7-9-15/h5-9,13-14H,4,10-12H2,1-3H3. The highest BCUT2D eigenvalue weighted by Gasteiger charge is 2.31. The summed E-state index contributed by atoms with van der Waals surface area (Å²) >= 11 is 0. The molecule has 0 spiro atoms. The predicted octanol–water partition coefficient (Wildman–Crippen LogP) is 2.39. The minimum Gasteiger partial charge on any atom is -0.337 e. The maximum Gasteiger partial charge on any atom is 0.230 e. The van der Waals surface area contributed by atoms with Gasteiger partial charge in [-0.15, -0.1) is 10.2 Å². The first-order valence-electron chi connectivity index (χ1n) is 9.36. The summed E-state index contributed by atoms with van der Waals surface area (Å²) in [6.45, 7) is 6.08. The number of hydrogen-bond acceptors (Lipinski definition) is 4. The van der Waals surface area contributed by atoms with Crippen molar-refractivity contribution in [1.29, 1.82) is 0 Å². The van der Waals surface area contributed by atoms with Gasteiger partial charge in [0.05, 0.1) is 5.92 Å². The Hall–Kier alpha value is -2.96. The van der Waals surface area contributed by atoms with Gasteiger partial charge in [-0.25, -0.2) is 0 Å². The molecular formula is C20H24N6O. The molecule has 7 heteroatoms. The molecule has 0 bridgehead atoms. The van der Waals surface area contributed by atoms with Crippen LogP contribution in [-0.2, 0) is 31.4 Å². The molecule has 1 aromatic carbocycles. The lowest BCUT2D eigenvalue weighted by Crippen LogP contribution is -2.38. The van der Waals surface area contributed by atoms with E-state index in [2.05, 4.69) is 17.1 Å².